The number of nitrogens with zero attached hydrogens (tertiary/aromatic N) is 2. The SMILES string of the molecule is c1ccc(N2c3ccccc3B3c4ccc5c(c4N(c4ccccc4)c4cccc2c43)-c2ccccc2C52CCCCC2)cc1. The van der Waals surface area contributed by atoms with E-state index in [1.165, 1.54) is 99.3 Å². The molecule has 2 nitrogen and oxygen atoms in total. The maximum absolute atomic E-state index is 2.60. The van der Waals surface area contributed by atoms with Gasteiger partial charge in [0.15, 0.2) is 0 Å². The number of fused-ring (bicyclic) bond motifs is 10. The van der Waals surface area contributed by atoms with Crippen LogP contribution in [0, 0.1) is 0 Å². The van der Waals surface area contributed by atoms with Gasteiger partial charge in [-0.25, -0.2) is 0 Å². The van der Waals surface area contributed by atoms with Crippen LogP contribution in [0.15, 0.2) is 140 Å². The molecular weight excluding hydrogens is 543 g/mol. The molecule has 1 spiro atoms. The summed E-state index contributed by atoms with van der Waals surface area (Å²) in [6.07, 6.45) is 6.41. The van der Waals surface area contributed by atoms with Crippen LogP contribution in [0.2, 0.25) is 0 Å². The Labute approximate surface area is 265 Å². The van der Waals surface area contributed by atoms with Gasteiger partial charge in [-0.3, -0.25) is 0 Å². The first-order valence-corrected chi connectivity index (χ1v) is 16.5. The lowest BCUT2D eigenvalue weighted by Gasteiger charge is -2.45. The topological polar surface area (TPSA) is 6.48 Å². The zero-order chi connectivity index (χ0) is 29.5. The molecule has 0 aromatic heterocycles. The maximum Gasteiger partial charge on any atom is 0.252 e. The highest BCUT2D eigenvalue weighted by Crippen LogP contribution is 2.59. The predicted molar refractivity (Wildman–Crippen MR) is 190 cm³/mol. The van der Waals surface area contributed by atoms with Crippen LogP contribution in [-0.4, -0.2) is 6.71 Å². The van der Waals surface area contributed by atoms with E-state index in [-0.39, 0.29) is 12.1 Å². The zero-order valence-electron chi connectivity index (χ0n) is 25.3. The molecule has 2 aliphatic heterocycles. The Morgan fingerprint density at radius 1 is 0.467 bits per heavy atom. The smallest absolute Gasteiger partial charge is 0.252 e. The van der Waals surface area contributed by atoms with Crippen molar-refractivity contribution in [3.05, 3.63) is 151 Å². The zero-order valence-corrected chi connectivity index (χ0v) is 25.3. The van der Waals surface area contributed by atoms with Gasteiger partial charge < -0.3 is 9.80 Å². The van der Waals surface area contributed by atoms with E-state index in [2.05, 4.69) is 149 Å². The van der Waals surface area contributed by atoms with Crippen LogP contribution in [0.3, 0.4) is 0 Å². The third kappa shape index (κ3) is 3.36. The Morgan fingerprint density at radius 3 is 1.87 bits per heavy atom. The molecular formula is C42H33BN2. The lowest BCUT2D eigenvalue weighted by atomic mass is 9.33. The van der Waals surface area contributed by atoms with Crippen LogP contribution >= 0.6 is 0 Å². The summed E-state index contributed by atoms with van der Waals surface area (Å²) in [6.45, 7) is 0.141. The summed E-state index contributed by atoms with van der Waals surface area (Å²) in [5.74, 6) is 0. The van der Waals surface area contributed by atoms with Gasteiger partial charge in [0.1, 0.15) is 0 Å². The third-order valence-electron chi connectivity index (χ3n) is 11.0. The number of hydrogen-bond donors (Lipinski definition) is 0. The number of rotatable bonds is 2. The number of anilines is 6. The minimum Gasteiger partial charge on any atom is -0.311 e. The summed E-state index contributed by atoms with van der Waals surface area (Å²) < 4.78 is 0. The van der Waals surface area contributed by atoms with Crippen LogP contribution in [0.4, 0.5) is 34.1 Å². The van der Waals surface area contributed by atoms with Crippen molar-refractivity contribution in [1.29, 1.82) is 0 Å². The molecule has 0 radical (unpaired) electrons. The van der Waals surface area contributed by atoms with Crippen LogP contribution in [0.25, 0.3) is 11.1 Å². The van der Waals surface area contributed by atoms with Crippen molar-refractivity contribution >= 4 is 57.2 Å². The summed E-state index contributed by atoms with van der Waals surface area (Å²) in [4.78, 5) is 5.07. The molecule has 10 rings (SSSR count). The molecule has 0 saturated heterocycles. The van der Waals surface area contributed by atoms with Crippen LogP contribution in [0.1, 0.15) is 43.2 Å². The summed E-state index contributed by atoms with van der Waals surface area (Å²) in [7, 11) is 0. The molecule has 0 atom stereocenters. The Balaban J connectivity index is 1.33. The van der Waals surface area contributed by atoms with Gasteiger partial charge in [-0.05, 0) is 88.4 Å². The fourth-order valence-corrected chi connectivity index (χ4v) is 9.30. The molecule has 0 amide bonds. The van der Waals surface area contributed by atoms with Crippen molar-refractivity contribution < 1.29 is 0 Å². The normalized spacial score (nSPS) is 16.5. The minimum absolute atomic E-state index is 0.109. The highest BCUT2D eigenvalue weighted by atomic mass is 15.2. The van der Waals surface area contributed by atoms with E-state index in [4.69, 9.17) is 0 Å². The minimum atomic E-state index is 0.109. The predicted octanol–water partition coefficient (Wildman–Crippen LogP) is 9.00. The lowest BCUT2D eigenvalue weighted by molar-refractivity contribution is 0.353. The van der Waals surface area contributed by atoms with Gasteiger partial charge in [0, 0.05) is 45.1 Å². The van der Waals surface area contributed by atoms with E-state index >= 15 is 0 Å². The number of benzene rings is 6. The molecule has 4 aliphatic rings. The molecule has 45 heavy (non-hydrogen) atoms. The molecule has 0 bridgehead atoms. The molecule has 6 aromatic rings. The first-order chi connectivity index (χ1) is 22.4. The van der Waals surface area contributed by atoms with Crippen LogP contribution < -0.4 is 26.2 Å². The van der Waals surface area contributed by atoms with Gasteiger partial charge in [0.05, 0.1) is 0 Å². The van der Waals surface area contributed by atoms with E-state index in [0.29, 0.717) is 0 Å². The van der Waals surface area contributed by atoms with Crippen molar-refractivity contribution in [2.75, 3.05) is 9.80 Å². The van der Waals surface area contributed by atoms with Crippen molar-refractivity contribution in [3.8, 4) is 11.1 Å². The third-order valence-corrected chi connectivity index (χ3v) is 11.0. The standard InChI is InChI=1S/C42H33BN2/c1-4-15-29(16-5-1)44-36-22-11-10-21-34(36)43-35-26-25-33-39(31-19-8-9-20-32(31)42(33)27-12-3-13-28-42)41(35)45(30-17-6-2-7-18-30)38-24-14-23-37(44)40(38)43/h1-2,4-11,14-26H,3,12-13,27-28H2. The van der Waals surface area contributed by atoms with E-state index in [1.54, 1.807) is 5.56 Å². The van der Waals surface area contributed by atoms with Crippen LogP contribution in [0.5, 0.6) is 0 Å². The van der Waals surface area contributed by atoms with Gasteiger partial charge in [0.2, 0.25) is 0 Å². The molecule has 214 valence electrons. The summed E-state index contributed by atoms with van der Waals surface area (Å²) >= 11 is 0. The van der Waals surface area contributed by atoms with E-state index in [1.807, 2.05) is 0 Å². The second kappa shape index (κ2) is 9.49. The van der Waals surface area contributed by atoms with Crippen molar-refractivity contribution in [2.45, 2.75) is 37.5 Å². The van der Waals surface area contributed by atoms with E-state index in [9.17, 15) is 0 Å². The Kier molecular flexibility index (Phi) is 5.34. The summed E-state index contributed by atoms with van der Waals surface area (Å²) in [5, 5.41) is 0. The Morgan fingerprint density at radius 2 is 1.09 bits per heavy atom. The molecule has 2 aliphatic carbocycles. The lowest BCUT2D eigenvalue weighted by Crippen LogP contribution is -2.61. The molecule has 1 saturated carbocycles. The molecule has 6 aromatic carbocycles. The molecule has 1 fully saturated rings. The quantitative estimate of drug-likeness (QED) is 0.190. The highest BCUT2D eigenvalue weighted by molar-refractivity contribution is 7.00. The summed E-state index contributed by atoms with van der Waals surface area (Å²) in [6, 6.07) is 52.3. The van der Waals surface area contributed by atoms with Crippen molar-refractivity contribution in [1.82, 2.24) is 0 Å². The largest absolute Gasteiger partial charge is 0.311 e. The second-order valence-electron chi connectivity index (χ2n) is 13.2. The Bertz CT molecular complexity index is 2110. The van der Waals surface area contributed by atoms with Crippen molar-refractivity contribution in [2.24, 2.45) is 0 Å². The molecule has 3 heteroatoms. The number of para-hydroxylation sites is 3. The first-order valence-electron chi connectivity index (χ1n) is 16.5. The fourth-order valence-electron chi connectivity index (χ4n) is 9.30. The van der Waals surface area contributed by atoms with Crippen molar-refractivity contribution in [3.63, 3.8) is 0 Å². The highest BCUT2D eigenvalue weighted by Gasteiger charge is 2.49. The molecule has 0 unspecified atom stereocenters. The van der Waals surface area contributed by atoms with Gasteiger partial charge in [-0.2, -0.15) is 0 Å². The van der Waals surface area contributed by atoms with Gasteiger partial charge >= 0.3 is 0 Å². The summed E-state index contributed by atoms with van der Waals surface area (Å²) in [5.41, 5.74) is 17.8. The number of hydrogen-bond acceptors (Lipinski definition) is 2. The molecule has 0 N–H and O–H groups in total. The van der Waals surface area contributed by atoms with Gasteiger partial charge in [0.25, 0.3) is 6.71 Å². The van der Waals surface area contributed by atoms with E-state index < -0.39 is 0 Å². The second-order valence-corrected chi connectivity index (χ2v) is 13.2. The first kappa shape index (κ1) is 25.3. The average molecular weight is 577 g/mol. The molecule has 2 heterocycles. The Hall–Kier alpha value is -5.02. The van der Waals surface area contributed by atoms with Gasteiger partial charge in [-0.15, -0.1) is 0 Å². The maximum atomic E-state index is 2.60. The fraction of sp³-hybridized carbons (Fsp3) is 0.143. The average Bonchev–Trinajstić information content (AvgIpc) is 3.38. The monoisotopic (exact) mass is 576 g/mol. The van der Waals surface area contributed by atoms with Crippen LogP contribution in [-0.2, 0) is 5.41 Å². The van der Waals surface area contributed by atoms with Gasteiger partial charge in [-0.1, -0.05) is 116 Å². The van der Waals surface area contributed by atoms with E-state index in [0.717, 1.165) is 0 Å².